The molecule has 9 nitrogen and oxygen atoms in total. The molecule has 184 valence electrons. The van der Waals surface area contributed by atoms with E-state index in [1.807, 2.05) is 30.3 Å². The summed E-state index contributed by atoms with van der Waals surface area (Å²) in [5.74, 6) is -0.651. The Balaban J connectivity index is 1.54. The summed E-state index contributed by atoms with van der Waals surface area (Å²) in [7, 11) is -3.14. The van der Waals surface area contributed by atoms with Crippen LogP contribution in [-0.4, -0.2) is 71.8 Å². The first-order valence-corrected chi connectivity index (χ1v) is 13.7. The van der Waals surface area contributed by atoms with Crippen molar-refractivity contribution in [2.45, 2.75) is 57.5 Å². The van der Waals surface area contributed by atoms with E-state index in [1.54, 1.807) is 18.0 Å². The van der Waals surface area contributed by atoms with Crippen molar-refractivity contribution in [3.8, 4) is 11.4 Å². The van der Waals surface area contributed by atoms with Crippen LogP contribution in [0.4, 0.5) is 0 Å². The van der Waals surface area contributed by atoms with Gasteiger partial charge in [0.05, 0.1) is 30.0 Å². The molecule has 2 aliphatic rings. The van der Waals surface area contributed by atoms with Crippen molar-refractivity contribution in [3.63, 3.8) is 0 Å². The Morgan fingerprint density at radius 1 is 1.09 bits per heavy atom. The summed E-state index contributed by atoms with van der Waals surface area (Å²) >= 11 is 0. The Bertz CT molecular complexity index is 1110. The van der Waals surface area contributed by atoms with Gasteiger partial charge in [0.25, 0.3) is 5.91 Å². The number of nitrogens with zero attached hydrogens (tertiary/aromatic N) is 3. The molecule has 0 bridgehead atoms. The fourth-order valence-electron chi connectivity index (χ4n) is 4.79. The molecule has 0 radical (unpaired) electrons. The predicted octanol–water partition coefficient (Wildman–Crippen LogP) is 2.78. The number of rotatable bonds is 8. The average Bonchev–Trinajstić information content (AvgIpc) is 3.42. The van der Waals surface area contributed by atoms with Crippen molar-refractivity contribution in [2.75, 3.05) is 24.7 Å². The number of carbonyl (C=O) groups is 2. The van der Waals surface area contributed by atoms with Crippen LogP contribution in [-0.2, 0) is 19.4 Å². The maximum Gasteiger partial charge on any atom is 0.362 e. The number of ether oxygens (including phenoxy) is 2. The topological polar surface area (TPSA) is 108 Å². The lowest BCUT2D eigenvalue weighted by molar-refractivity contribution is -0.138. The molecule has 1 amide bonds. The molecule has 10 heteroatoms. The van der Waals surface area contributed by atoms with Gasteiger partial charge in [0.15, 0.2) is 22.2 Å². The molecule has 4 rings (SSSR count). The molecule has 1 saturated carbocycles. The van der Waals surface area contributed by atoms with E-state index >= 15 is 0 Å². The lowest BCUT2D eigenvalue weighted by atomic mass is 9.93. The van der Waals surface area contributed by atoms with E-state index in [2.05, 4.69) is 5.10 Å². The highest BCUT2D eigenvalue weighted by Gasteiger charge is 2.38. The second-order valence-electron chi connectivity index (χ2n) is 8.78. The molecule has 2 fully saturated rings. The van der Waals surface area contributed by atoms with E-state index in [9.17, 15) is 18.0 Å². The van der Waals surface area contributed by atoms with Gasteiger partial charge in [0.1, 0.15) is 0 Å². The Hall–Kier alpha value is -2.88. The Kier molecular flexibility index (Phi) is 7.55. The molecule has 1 saturated heterocycles. The van der Waals surface area contributed by atoms with Crippen molar-refractivity contribution in [3.05, 3.63) is 42.2 Å². The molecule has 1 aliphatic heterocycles. The molecular weight excluding hydrogens is 458 g/mol. The number of aromatic nitrogens is 2. The van der Waals surface area contributed by atoms with Crippen LogP contribution in [0.2, 0.25) is 0 Å². The summed E-state index contributed by atoms with van der Waals surface area (Å²) in [5.41, 5.74) is 0.723. The maximum atomic E-state index is 13.4. The monoisotopic (exact) mass is 489 g/mol. The van der Waals surface area contributed by atoms with Gasteiger partial charge in [-0.2, -0.15) is 5.10 Å². The van der Waals surface area contributed by atoms with Gasteiger partial charge in [-0.1, -0.05) is 37.5 Å². The summed E-state index contributed by atoms with van der Waals surface area (Å²) in [6.45, 7) is 1.58. The van der Waals surface area contributed by atoms with E-state index in [0.29, 0.717) is 6.42 Å². The molecule has 0 spiro atoms. The highest BCUT2D eigenvalue weighted by molar-refractivity contribution is 7.91. The van der Waals surface area contributed by atoms with Gasteiger partial charge >= 0.3 is 5.97 Å². The lowest BCUT2D eigenvalue weighted by Gasteiger charge is -2.38. The molecule has 1 aromatic carbocycles. The van der Waals surface area contributed by atoms with Gasteiger partial charge < -0.3 is 14.4 Å². The van der Waals surface area contributed by atoms with Crippen LogP contribution in [0.5, 0.6) is 5.75 Å². The number of benzene rings is 1. The van der Waals surface area contributed by atoms with Crippen LogP contribution in [0.15, 0.2) is 36.5 Å². The van der Waals surface area contributed by atoms with E-state index in [4.69, 9.17) is 9.47 Å². The minimum atomic E-state index is -3.14. The fourth-order valence-corrected chi connectivity index (χ4v) is 6.50. The number of esters is 1. The summed E-state index contributed by atoms with van der Waals surface area (Å²) in [6, 6.07) is 8.93. The van der Waals surface area contributed by atoms with Gasteiger partial charge in [0.2, 0.25) is 5.69 Å². The lowest BCUT2D eigenvalue weighted by Crippen LogP contribution is -2.50. The largest absolute Gasteiger partial charge is 0.480 e. The average molecular weight is 490 g/mol. The smallest absolute Gasteiger partial charge is 0.362 e. The van der Waals surface area contributed by atoms with Crippen LogP contribution in [0.1, 0.15) is 55.9 Å². The zero-order valence-corrected chi connectivity index (χ0v) is 20.2. The molecule has 2 aromatic rings. The van der Waals surface area contributed by atoms with Crippen molar-refractivity contribution in [2.24, 2.45) is 0 Å². The van der Waals surface area contributed by atoms with Gasteiger partial charge in [-0.3, -0.25) is 4.79 Å². The van der Waals surface area contributed by atoms with Gasteiger partial charge in [0, 0.05) is 12.1 Å². The second kappa shape index (κ2) is 10.6. The Labute approximate surface area is 199 Å². The number of para-hydroxylation sites is 1. The van der Waals surface area contributed by atoms with Crippen molar-refractivity contribution >= 4 is 21.7 Å². The third-order valence-electron chi connectivity index (χ3n) is 6.38. The molecular formula is C24H31N3O6S. The van der Waals surface area contributed by atoms with E-state index < -0.39 is 15.8 Å². The van der Waals surface area contributed by atoms with Crippen molar-refractivity contribution in [1.82, 2.24) is 14.7 Å². The number of hydrogen-bond donors (Lipinski definition) is 0. The van der Waals surface area contributed by atoms with Gasteiger partial charge in [-0.25, -0.2) is 17.9 Å². The predicted molar refractivity (Wildman–Crippen MR) is 126 cm³/mol. The number of amides is 1. The Morgan fingerprint density at radius 3 is 2.47 bits per heavy atom. The first kappa shape index (κ1) is 24.3. The number of carbonyl (C=O) groups excluding carboxylic acids is 2. The minimum Gasteiger partial charge on any atom is -0.480 e. The van der Waals surface area contributed by atoms with Gasteiger partial charge in [-0.15, -0.1) is 0 Å². The normalized spacial score (nSPS) is 20.1. The van der Waals surface area contributed by atoms with E-state index in [-0.39, 0.29) is 54.2 Å². The second-order valence-corrected chi connectivity index (χ2v) is 11.0. The first-order valence-electron chi connectivity index (χ1n) is 11.8. The molecule has 1 aromatic heterocycles. The number of sulfone groups is 1. The fraction of sp³-hybridized carbons (Fsp3) is 0.542. The summed E-state index contributed by atoms with van der Waals surface area (Å²) < 4.78 is 36.7. The SMILES string of the molecule is CCOC(=O)c1nn(-c2ccccc2)cc1OCC(=O)N(C1CCCCC1)C1CCS(=O)(=O)C1. The molecule has 1 atom stereocenters. The first-order chi connectivity index (χ1) is 16.4. The standard InChI is InChI=1S/C24H31N3O6S/c1-2-32-24(29)23-21(15-26(25-23)18-9-5-3-6-10-18)33-16-22(28)27(19-11-7-4-8-12-19)20-13-14-34(30,31)17-20/h3,5-6,9-10,15,19-20H,2,4,7-8,11-14,16-17H2,1H3. The van der Waals surface area contributed by atoms with Crippen LogP contribution in [0, 0.1) is 0 Å². The zero-order valence-electron chi connectivity index (χ0n) is 19.4. The molecule has 34 heavy (non-hydrogen) atoms. The van der Waals surface area contributed by atoms with Crippen molar-refractivity contribution in [1.29, 1.82) is 0 Å². The summed E-state index contributed by atoms with van der Waals surface area (Å²) in [5, 5.41) is 4.32. The van der Waals surface area contributed by atoms with Gasteiger partial charge in [-0.05, 0) is 38.3 Å². The van der Waals surface area contributed by atoms with Crippen LogP contribution < -0.4 is 4.74 Å². The highest BCUT2D eigenvalue weighted by atomic mass is 32.2. The Morgan fingerprint density at radius 2 is 1.82 bits per heavy atom. The molecule has 2 heterocycles. The third-order valence-corrected chi connectivity index (χ3v) is 8.13. The molecule has 1 unspecified atom stereocenters. The highest BCUT2D eigenvalue weighted by Crippen LogP contribution is 2.29. The third kappa shape index (κ3) is 5.60. The van der Waals surface area contributed by atoms with Crippen LogP contribution >= 0.6 is 0 Å². The van der Waals surface area contributed by atoms with E-state index in [1.165, 1.54) is 4.68 Å². The molecule has 1 aliphatic carbocycles. The zero-order chi connectivity index (χ0) is 24.1. The summed E-state index contributed by atoms with van der Waals surface area (Å²) in [4.78, 5) is 27.6. The van der Waals surface area contributed by atoms with Crippen LogP contribution in [0.25, 0.3) is 5.69 Å². The minimum absolute atomic E-state index is 0.00471. The maximum absolute atomic E-state index is 13.4. The summed E-state index contributed by atoms with van der Waals surface area (Å²) in [6.07, 6.45) is 6.89. The van der Waals surface area contributed by atoms with Crippen molar-refractivity contribution < 1.29 is 27.5 Å². The van der Waals surface area contributed by atoms with Crippen LogP contribution in [0.3, 0.4) is 0 Å². The molecule has 0 N–H and O–H groups in total. The van der Waals surface area contributed by atoms with E-state index in [0.717, 1.165) is 37.8 Å². The number of hydrogen-bond acceptors (Lipinski definition) is 7. The quantitative estimate of drug-likeness (QED) is 0.525.